The van der Waals surface area contributed by atoms with Gasteiger partial charge in [0.15, 0.2) is 0 Å². The molecule has 0 aliphatic heterocycles. The van der Waals surface area contributed by atoms with Crippen LogP contribution in [0, 0.1) is 0 Å². The maximum atomic E-state index is 12.5. The molecule has 0 bridgehead atoms. The van der Waals surface area contributed by atoms with Gasteiger partial charge in [-0.05, 0) is 31.4 Å². The lowest BCUT2D eigenvalue weighted by atomic mass is 10.1. The van der Waals surface area contributed by atoms with E-state index in [1.807, 2.05) is 10.6 Å². The monoisotopic (exact) mass is 264 g/mol. The summed E-state index contributed by atoms with van der Waals surface area (Å²) in [5.74, 6) is 0.391. The Hall–Kier alpha value is -1.09. The summed E-state index contributed by atoms with van der Waals surface area (Å²) >= 11 is 0. The second-order valence-corrected chi connectivity index (χ2v) is 5.43. The van der Waals surface area contributed by atoms with Gasteiger partial charge in [-0.2, -0.15) is 0 Å². The van der Waals surface area contributed by atoms with Gasteiger partial charge in [0.1, 0.15) is 0 Å². The molecule has 0 saturated carbocycles. The fourth-order valence-corrected chi connectivity index (χ4v) is 2.22. The summed E-state index contributed by atoms with van der Waals surface area (Å²) in [4.78, 5) is 12.5. The van der Waals surface area contributed by atoms with Crippen molar-refractivity contribution in [3.05, 3.63) is 33.7 Å². The largest absolute Gasteiger partial charge is 0.312 e. The van der Waals surface area contributed by atoms with Crippen LogP contribution in [0.3, 0.4) is 0 Å². The third-order valence-corrected chi connectivity index (χ3v) is 3.36. The third-order valence-electron chi connectivity index (χ3n) is 3.36. The molecule has 0 saturated heterocycles. The minimum atomic E-state index is 0.184. The van der Waals surface area contributed by atoms with E-state index in [0.29, 0.717) is 12.5 Å². The lowest BCUT2D eigenvalue weighted by molar-refractivity contribution is 0.560. The maximum Gasteiger partial charge on any atom is 0.255 e. The number of nitrogens with zero attached hydrogens (tertiary/aromatic N) is 1. The molecule has 1 aromatic rings. The molecule has 0 atom stereocenters. The molecule has 0 aromatic carbocycles. The predicted molar refractivity (Wildman–Crippen MR) is 81.7 cm³/mol. The van der Waals surface area contributed by atoms with Gasteiger partial charge in [-0.1, -0.05) is 40.2 Å². The second kappa shape index (κ2) is 8.16. The smallest absolute Gasteiger partial charge is 0.255 e. The van der Waals surface area contributed by atoms with Gasteiger partial charge >= 0.3 is 0 Å². The van der Waals surface area contributed by atoms with Gasteiger partial charge in [0, 0.05) is 24.3 Å². The zero-order valence-electron chi connectivity index (χ0n) is 12.8. The summed E-state index contributed by atoms with van der Waals surface area (Å²) in [6.07, 6.45) is 3.27. The highest BCUT2D eigenvalue weighted by atomic mass is 16.1. The zero-order valence-corrected chi connectivity index (χ0v) is 12.8. The van der Waals surface area contributed by atoms with E-state index in [9.17, 15) is 4.79 Å². The molecule has 19 heavy (non-hydrogen) atoms. The van der Waals surface area contributed by atoms with Crippen LogP contribution >= 0.6 is 0 Å². The van der Waals surface area contributed by atoms with Gasteiger partial charge in [-0.15, -0.1) is 0 Å². The number of hydrogen-bond acceptors (Lipinski definition) is 2. The zero-order chi connectivity index (χ0) is 14.3. The molecule has 1 heterocycles. The minimum Gasteiger partial charge on any atom is -0.312 e. The van der Waals surface area contributed by atoms with Crippen molar-refractivity contribution in [2.45, 2.75) is 66.0 Å². The Bertz CT molecular complexity index is 435. The SMILES string of the molecule is CCCCn1c(C(C)C)ccc(CNCCC)c1=O. The average Bonchev–Trinajstić information content (AvgIpc) is 2.39. The van der Waals surface area contributed by atoms with E-state index in [0.717, 1.165) is 43.6 Å². The van der Waals surface area contributed by atoms with Crippen LogP contribution in [0.25, 0.3) is 0 Å². The molecule has 0 fully saturated rings. The lowest BCUT2D eigenvalue weighted by Gasteiger charge is -2.17. The molecule has 1 N–H and O–H groups in total. The second-order valence-electron chi connectivity index (χ2n) is 5.43. The Morgan fingerprint density at radius 1 is 1.21 bits per heavy atom. The molecule has 0 spiro atoms. The van der Waals surface area contributed by atoms with Gasteiger partial charge in [0.2, 0.25) is 0 Å². The fraction of sp³-hybridized carbons (Fsp3) is 0.688. The van der Waals surface area contributed by atoms with Crippen molar-refractivity contribution >= 4 is 0 Å². The number of rotatable bonds is 8. The number of hydrogen-bond donors (Lipinski definition) is 1. The highest BCUT2D eigenvalue weighted by Crippen LogP contribution is 2.13. The fourth-order valence-electron chi connectivity index (χ4n) is 2.22. The molecule has 108 valence electrons. The maximum absolute atomic E-state index is 12.5. The van der Waals surface area contributed by atoms with Crippen LogP contribution in [0.5, 0.6) is 0 Å². The van der Waals surface area contributed by atoms with Gasteiger partial charge in [0.05, 0.1) is 0 Å². The number of nitrogens with one attached hydrogen (secondary N) is 1. The predicted octanol–water partition coefficient (Wildman–Crippen LogP) is 3.27. The van der Waals surface area contributed by atoms with Crippen molar-refractivity contribution in [2.24, 2.45) is 0 Å². The molecule has 0 aliphatic rings. The number of pyridine rings is 1. The molecular weight excluding hydrogens is 236 g/mol. The van der Waals surface area contributed by atoms with Crippen LogP contribution in [0.1, 0.15) is 64.1 Å². The van der Waals surface area contributed by atoms with Gasteiger partial charge in [-0.3, -0.25) is 4.79 Å². The van der Waals surface area contributed by atoms with Crippen molar-refractivity contribution < 1.29 is 0 Å². The summed E-state index contributed by atoms with van der Waals surface area (Å²) in [7, 11) is 0. The summed E-state index contributed by atoms with van der Waals surface area (Å²) in [6.45, 7) is 11.1. The van der Waals surface area contributed by atoms with Crippen molar-refractivity contribution in [2.75, 3.05) is 6.54 Å². The van der Waals surface area contributed by atoms with E-state index in [2.05, 4.69) is 39.1 Å². The van der Waals surface area contributed by atoms with Gasteiger partial charge in [0.25, 0.3) is 5.56 Å². The first-order valence-corrected chi connectivity index (χ1v) is 7.55. The standard InChI is InChI=1S/C16H28N2O/c1-5-7-11-18-15(13(3)4)9-8-14(16(18)19)12-17-10-6-2/h8-9,13,17H,5-7,10-12H2,1-4H3. The lowest BCUT2D eigenvalue weighted by Crippen LogP contribution is -2.30. The molecule has 1 rings (SSSR count). The van der Waals surface area contributed by atoms with Crippen LogP contribution in [-0.2, 0) is 13.1 Å². The molecular formula is C16H28N2O. The Kier molecular flexibility index (Phi) is 6.85. The molecule has 1 aromatic heterocycles. The van der Waals surface area contributed by atoms with E-state index in [1.54, 1.807) is 0 Å². The molecule has 3 nitrogen and oxygen atoms in total. The Morgan fingerprint density at radius 3 is 2.53 bits per heavy atom. The normalized spacial score (nSPS) is 11.2. The van der Waals surface area contributed by atoms with Crippen LogP contribution in [0.2, 0.25) is 0 Å². The topological polar surface area (TPSA) is 34.0 Å². The van der Waals surface area contributed by atoms with E-state index in [-0.39, 0.29) is 5.56 Å². The molecule has 3 heteroatoms. The molecule has 0 aliphatic carbocycles. The van der Waals surface area contributed by atoms with Crippen LogP contribution in [0.15, 0.2) is 16.9 Å². The average molecular weight is 264 g/mol. The molecule has 0 amide bonds. The Labute approximate surface area is 117 Å². The van der Waals surface area contributed by atoms with Crippen molar-refractivity contribution in [3.63, 3.8) is 0 Å². The highest BCUT2D eigenvalue weighted by molar-refractivity contribution is 5.18. The summed E-state index contributed by atoms with van der Waals surface area (Å²) in [5.41, 5.74) is 2.22. The Morgan fingerprint density at radius 2 is 1.95 bits per heavy atom. The minimum absolute atomic E-state index is 0.184. The van der Waals surface area contributed by atoms with Gasteiger partial charge in [-0.25, -0.2) is 0 Å². The highest BCUT2D eigenvalue weighted by Gasteiger charge is 2.10. The van der Waals surface area contributed by atoms with Gasteiger partial charge < -0.3 is 9.88 Å². The molecule has 0 radical (unpaired) electrons. The van der Waals surface area contributed by atoms with E-state index >= 15 is 0 Å². The first-order chi connectivity index (χ1) is 9.11. The van der Waals surface area contributed by atoms with Crippen molar-refractivity contribution in [1.29, 1.82) is 0 Å². The summed E-state index contributed by atoms with van der Waals surface area (Å²) < 4.78 is 1.97. The first-order valence-electron chi connectivity index (χ1n) is 7.55. The van der Waals surface area contributed by atoms with Crippen LogP contribution in [0.4, 0.5) is 0 Å². The van der Waals surface area contributed by atoms with E-state index in [1.165, 1.54) is 0 Å². The van der Waals surface area contributed by atoms with Crippen molar-refractivity contribution in [1.82, 2.24) is 9.88 Å². The first kappa shape index (κ1) is 16.0. The number of unbranched alkanes of at least 4 members (excludes halogenated alkanes) is 1. The van der Waals surface area contributed by atoms with Crippen LogP contribution < -0.4 is 10.9 Å². The number of aromatic nitrogens is 1. The Balaban J connectivity index is 2.99. The van der Waals surface area contributed by atoms with Crippen LogP contribution in [-0.4, -0.2) is 11.1 Å². The van der Waals surface area contributed by atoms with E-state index in [4.69, 9.17) is 0 Å². The molecule has 0 unspecified atom stereocenters. The third kappa shape index (κ3) is 4.50. The van der Waals surface area contributed by atoms with Crippen molar-refractivity contribution in [3.8, 4) is 0 Å². The summed E-state index contributed by atoms with van der Waals surface area (Å²) in [6, 6.07) is 4.10. The summed E-state index contributed by atoms with van der Waals surface area (Å²) in [5, 5.41) is 3.31. The quantitative estimate of drug-likeness (QED) is 0.731. The van der Waals surface area contributed by atoms with E-state index < -0.39 is 0 Å².